The van der Waals surface area contributed by atoms with Crippen molar-refractivity contribution in [1.82, 2.24) is 5.32 Å². The maximum atomic E-state index is 13.9. The lowest BCUT2D eigenvalue weighted by atomic mass is 9.37. The smallest absolute Gasteiger partial charge is 0.139 e. The molecule has 28 heavy (non-hydrogen) atoms. The van der Waals surface area contributed by atoms with E-state index in [1.807, 2.05) is 0 Å². The van der Waals surface area contributed by atoms with Crippen LogP contribution in [0.3, 0.4) is 0 Å². The van der Waals surface area contributed by atoms with Crippen LogP contribution in [0.1, 0.15) is 76.7 Å². The molecular formula is C26H35NO. The molecule has 150 valence electrons. The van der Waals surface area contributed by atoms with E-state index in [1.54, 1.807) is 0 Å². The Hall–Kier alpha value is -1.15. The van der Waals surface area contributed by atoms with E-state index in [2.05, 4.69) is 42.6 Å². The van der Waals surface area contributed by atoms with Crippen LogP contribution >= 0.6 is 0 Å². The van der Waals surface area contributed by atoms with Crippen LogP contribution in [0.5, 0.6) is 0 Å². The van der Waals surface area contributed by atoms with Gasteiger partial charge in [-0.3, -0.25) is 4.79 Å². The molecular weight excluding hydrogens is 342 g/mol. The molecule has 0 spiro atoms. The molecule has 7 rings (SSSR count). The molecule has 1 heterocycles. The average Bonchev–Trinajstić information content (AvgIpc) is 3.31. The maximum absolute atomic E-state index is 13.9. The number of ketones is 1. The number of fused-ring (bicyclic) bond motifs is 2. The predicted octanol–water partition coefficient (Wildman–Crippen LogP) is 5.26. The Labute approximate surface area is 169 Å². The van der Waals surface area contributed by atoms with Crippen molar-refractivity contribution in [2.24, 2.45) is 28.6 Å². The normalized spacial score (nSPS) is 48.3. The predicted molar refractivity (Wildman–Crippen MR) is 112 cm³/mol. The highest BCUT2D eigenvalue weighted by atomic mass is 16.1. The summed E-state index contributed by atoms with van der Waals surface area (Å²) < 4.78 is 0. The Morgan fingerprint density at radius 2 is 1.89 bits per heavy atom. The summed E-state index contributed by atoms with van der Waals surface area (Å²) in [4.78, 5) is 13.9. The summed E-state index contributed by atoms with van der Waals surface area (Å²) in [6.45, 7) is 3.59. The molecule has 0 aromatic heterocycles. The van der Waals surface area contributed by atoms with Gasteiger partial charge in [-0.05, 0) is 92.1 Å². The molecule has 6 fully saturated rings. The van der Waals surface area contributed by atoms with Gasteiger partial charge in [0.05, 0.1) is 0 Å². The van der Waals surface area contributed by atoms with Crippen molar-refractivity contribution < 1.29 is 4.79 Å². The molecule has 2 heteroatoms. The molecule has 6 bridgehead atoms. The lowest BCUT2D eigenvalue weighted by Gasteiger charge is -2.66. The minimum Gasteiger partial charge on any atom is -0.313 e. The second-order valence-corrected chi connectivity index (χ2v) is 11.5. The summed E-state index contributed by atoms with van der Waals surface area (Å²) in [6, 6.07) is 11.9. The van der Waals surface area contributed by atoms with E-state index in [4.69, 9.17) is 0 Å². The van der Waals surface area contributed by atoms with Crippen molar-refractivity contribution in [2.75, 3.05) is 6.54 Å². The van der Waals surface area contributed by atoms with Crippen LogP contribution in [0.2, 0.25) is 0 Å². The highest BCUT2D eigenvalue weighted by Crippen LogP contribution is 2.71. The molecule has 1 N–H and O–H groups in total. The lowest BCUT2D eigenvalue weighted by molar-refractivity contribution is -0.162. The Balaban J connectivity index is 1.34. The van der Waals surface area contributed by atoms with Gasteiger partial charge in [-0.2, -0.15) is 0 Å². The fourth-order valence-electron chi connectivity index (χ4n) is 9.11. The van der Waals surface area contributed by atoms with Gasteiger partial charge in [-0.1, -0.05) is 43.7 Å². The molecule has 7 atom stereocenters. The standard InChI is InChI=1S/C26H35NO/c1-2-24-11-19-12-25(15-24,21-6-4-3-5-7-21)17-26(13-19,16-24)23(28)10-20-8-18-9-22(20)27-14-18/h3-7,18-20,22,27H,2,8-17H2,1H3/t18?,19?,20?,22?,24-,25-,26?/m0/s1. The van der Waals surface area contributed by atoms with Crippen LogP contribution in [-0.4, -0.2) is 18.4 Å². The number of rotatable bonds is 5. The summed E-state index contributed by atoms with van der Waals surface area (Å²) >= 11 is 0. The van der Waals surface area contributed by atoms with E-state index in [0.29, 0.717) is 23.2 Å². The summed E-state index contributed by atoms with van der Waals surface area (Å²) in [6.07, 6.45) is 12.3. The largest absolute Gasteiger partial charge is 0.313 e. The molecule has 0 amide bonds. The van der Waals surface area contributed by atoms with Gasteiger partial charge in [0, 0.05) is 17.9 Å². The summed E-state index contributed by atoms with van der Waals surface area (Å²) in [5, 5.41) is 3.69. The van der Waals surface area contributed by atoms with Crippen molar-refractivity contribution in [3.05, 3.63) is 35.9 Å². The average molecular weight is 378 g/mol. The molecule has 1 saturated heterocycles. The molecule has 2 nitrogen and oxygen atoms in total. The quantitative estimate of drug-likeness (QED) is 0.758. The molecule has 5 unspecified atom stereocenters. The molecule has 0 radical (unpaired) electrons. The fourth-order valence-corrected chi connectivity index (χ4v) is 9.11. The number of piperidine rings is 1. The third-order valence-corrected chi connectivity index (χ3v) is 9.82. The monoisotopic (exact) mass is 377 g/mol. The third kappa shape index (κ3) is 2.46. The lowest BCUT2D eigenvalue weighted by Crippen LogP contribution is -2.61. The fraction of sp³-hybridized carbons (Fsp3) is 0.731. The second kappa shape index (κ2) is 5.94. The van der Waals surface area contributed by atoms with E-state index < -0.39 is 0 Å². The molecule has 6 aliphatic rings. The van der Waals surface area contributed by atoms with Gasteiger partial charge in [0.15, 0.2) is 0 Å². The minimum absolute atomic E-state index is 0.0207. The summed E-state index contributed by atoms with van der Waals surface area (Å²) in [7, 11) is 0. The number of benzene rings is 1. The zero-order valence-electron chi connectivity index (χ0n) is 17.4. The first kappa shape index (κ1) is 17.7. The number of Topliss-reactive ketones (excluding diaryl/α,β-unsaturated/α-hetero) is 1. The van der Waals surface area contributed by atoms with Crippen LogP contribution in [0.15, 0.2) is 30.3 Å². The number of carbonyl (C=O) groups is 1. The maximum Gasteiger partial charge on any atom is 0.139 e. The molecule has 1 aliphatic heterocycles. The summed E-state index contributed by atoms with van der Waals surface area (Å²) in [5.41, 5.74) is 2.18. The van der Waals surface area contributed by atoms with Gasteiger partial charge in [0.1, 0.15) is 5.78 Å². The highest BCUT2D eigenvalue weighted by molar-refractivity contribution is 5.86. The van der Waals surface area contributed by atoms with Crippen molar-refractivity contribution in [2.45, 2.75) is 82.6 Å². The van der Waals surface area contributed by atoms with E-state index >= 15 is 0 Å². The van der Waals surface area contributed by atoms with E-state index in [-0.39, 0.29) is 10.8 Å². The Morgan fingerprint density at radius 3 is 2.61 bits per heavy atom. The van der Waals surface area contributed by atoms with Crippen molar-refractivity contribution in [3.8, 4) is 0 Å². The Kier molecular flexibility index (Phi) is 3.75. The van der Waals surface area contributed by atoms with Crippen LogP contribution in [0.25, 0.3) is 0 Å². The van der Waals surface area contributed by atoms with E-state index in [1.165, 1.54) is 63.5 Å². The number of carbonyl (C=O) groups excluding carboxylic acids is 1. The van der Waals surface area contributed by atoms with Gasteiger partial charge in [-0.15, -0.1) is 0 Å². The highest BCUT2D eigenvalue weighted by Gasteiger charge is 2.65. The van der Waals surface area contributed by atoms with Gasteiger partial charge in [0.25, 0.3) is 0 Å². The van der Waals surface area contributed by atoms with Gasteiger partial charge < -0.3 is 5.32 Å². The minimum atomic E-state index is -0.0207. The van der Waals surface area contributed by atoms with Gasteiger partial charge in [0.2, 0.25) is 0 Å². The van der Waals surface area contributed by atoms with E-state index in [9.17, 15) is 4.79 Å². The zero-order valence-corrected chi connectivity index (χ0v) is 17.4. The van der Waals surface area contributed by atoms with Crippen LogP contribution in [0.4, 0.5) is 0 Å². The van der Waals surface area contributed by atoms with Crippen LogP contribution < -0.4 is 5.32 Å². The molecule has 1 aromatic rings. The number of nitrogens with one attached hydrogen (secondary N) is 1. The second-order valence-electron chi connectivity index (χ2n) is 11.5. The Bertz CT molecular complexity index is 789. The molecule has 5 saturated carbocycles. The first-order chi connectivity index (χ1) is 13.5. The SMILES string of the molecule is CC[C@@]12CC3CC(C(=O)CC4CC5CNC4C5)(C1)C[C@](c1ccccc1)(C3)C2. The number of hydrogen-bond donors (Lipinski definition) is 1. The zero-order chi connectivity index (χ0) is 19.0. The summed E-state index contributed by atoms with van der Waals surface area (Å²) in [5.74, 6) is 2.87. The van der Waals surface area contributed by atoms with Crippen LogP contribution in [-0.2, 0) is 10.2 Å². The topological polar surface area (TPSA) is 29.1 Å². The van der Waals surface area contributed by atoms with Crippen LogP contribution in [0, 0.1) is 28.6 Å². The first-order valence-electron chi connectivity index (χ1n) is 11.9. The van der Waals surface area contributed by atoms with Crippen molar-refractivity contribution >= 4 is 5.78 Å². The third-order valence-electron chi connectivity index (χ3n) is 9.82. The Morgan fingerprint density at radius 1 is 1.04 bits per heavy atom. The molecule has 1 aromatic carbocycles. The van der Waals surface area contributed by atoms with Crippen molar-refractivity contribution in [1.29, 1.82) is 0 Å². The van der Waals surface area contributed by atoms with Crippen molar-refractivity contribution in [3.63, 3.8) is 0 Å². The first-order valence-corrected chi connectivity index (χ1v) is 11.9. The van der Waals surface area contributed by atoms with Gasteiger partial charge >= 0.3 is 0 Å². The molecule has 5 aliphatic carbocycles. The van der Waals surface area contributed by atoms with E-state index in [0.717, 1.165) is 24.7 Å². The van der Waals surface area contributed by atoms with Gasteiger partial charge in [-0.25, -0.2) is 0 Å². The number of hydrogen-bond acceptors (Lipinski definition) is 2.